The van der Waals surface area contributed by atoms with Gasteiger partial charge in [0, 0.05) is 28.7 Å². The molecule has 0 amide bonds. The molecule has 2 heterocycles. The number of aromatic nitrogens is 2. The first-order valence-electron chi connectivity index (χ1n) is 13.4. The van der Waals surface area contributed by atoms with Crippen LogP contribution in [0.25, 0.3) is 0 Å². The highest BCUT2D eigenvalue weighted by molar-refractivity contribution is 8.77. The van der Waals surface area contributed by atoms with Gasteiger partial charge < -0.3 is 35.5 Å². The van der Waals surface area contributed by atoms with Crippen LogP contribution in [0.5, 0.6) is 0 Å². The third kappa shape index (κ3) is 17.2. The fourth-order valence-electron chi connectivity index (χ4n) is 3.25. The predicted octanol–water partition coefficient (Wildman–Crippen LogP) is 2.99. The lowest BCUT2D eigenvalue weighted by molar-refractivity contribution is -0.0566. The van der Waals surface area contributed by atoms with Gasteiger partial charge in [0.1, 0.15) is 43.2 Å². The Morgan fingerprint density at radius 1 is 1.15 bits per heavy atom. The van der Waals surface area contributed by atoms with Crippen LogP contribution in [-0.4, -0.2) is 87.4 Å². The molecular weight excluding hydrogens is 765 g/mol. The lowest BCUT2D eigenvalue weighted by atomic mass is 10.2. The molecule has 0 spiro atoms. The molecule has 1 saturated heterocycles. The molecule has 18 nitrogen and oxygen atoms in total. The van der Waals surface area contributed by atoms with Gasteiger partial charge in [0.15, 0.2) is 0 Å². The number of nitrogens with zero attached hydrogens (tertiary/aromatic N) is 2. The minimum absolute atomic E-state index is 0.0489. The molecule has 0 aromatic carbocycles. The molecular formula is C22H40N4O14P3S4+. The van der Waals surface area contributed by atoms with E-state index in [1.165, 1.54) is 27.8 Å². The van der Waals surface area contributed by atoms with E-state index in [9.17, 15) is 28.6 Å². The molecule has 1 aliphatic rings. The second kappa shape index (κ2) is 18.5. The number of nitrogens with two attached hydrogens (primary N) is 2. The first-order valence-corrected chi connectivity index (χ1v) is 22.5. The van der Waals surface area contributed by atoms with E-state index in [-0.39, 0.29) is 39.8 Å². The Morgan fingerprint density at radius 2 is 1.81 bits per heavy atom. The molecule has 1 aromatic heterocycles. The van der Waals surface area contributed by atoms with E-state index in [0.29, 0.717) is 12.5 Å². The SMILES string of the molecule is CC(C)(C)SSCOC1C[C@H](n2cc(C#CCOCSSC(C)(C)CN)c(N)nc2=O)O[C@@H]1CO[P+](O)(O)OP(=O)(O)OP(=O)(O)O. The highest BCUT2D eigenvalue weighted by atomic mass is 33.1. The van der Waals surface area contributed by atoms with Crippen molar-refractivity contribution in [3.8, 4) is 11.8 Å². The summed E-state index contributed by atoms with van der Waals surface area (Å²) in [6.45, 7) is 9.93. The summed E-state index contributed by atoms with van der Waals surface area (Å²) in [6.07, 6.45) is -1.53. The number of anilines is 1. The summed E-state index contributed by atoms with van der Waals surface area (Å²) in [5.41, 5.74) is 11.1. The average Bonchev–Trinajstić information content (AvgIpc) is 3.30. The molecule has 2 rings (SSSR count). The fourth-order valence-corrected chi connectivity index (χ4v) is 10.4. The monoisotopic (exact) mass is 805 g/mol. The maximum Gasteiger partial charge on any atom is 0.580 e. The van der Waals surface area contributed by atoms with Gasteiger partial charge in [-0.3, -0.25) is 9.46 Å². The lowest BCUT2D eigenvalue weighted by Crippen LogP contribution is -2.30. The Kier molecular flexibility index (Phi) is 17.0. The van der Waals surface area contributed by atoms with Gasteiger partial charge >= 0.3 is 29.5 Å². The van der Waals surface area contributed by atoms with Crippen LogP contribution in [0.2, 0.25) is 0 Å². The van der Waals surface area contributed by atoms with Gasteiger partial charge in [-0.1, -0.05) is 75.8 Å². The normalized spacial score (nSPS) is 20.5. The van der Waals surface area contributed by atoms with E-state index in [1.807, 2.05) is 34.6 Å². The number of rotatable bonds is 18. The Morgan fingerprint density at radius 3 is 2.43 bits per heavy atom. The van der Waals surface area contributed by atoms with Crippen LogP contribution in [0, 0.1) is 11.8 Å². The van der Waals surface area contributed by atoms with Crippen molar-refractivity contribution in [2.24, 2.45) is 5.73 Å². The van der Waals surface area contributed by atoms with Crippen molar-refractivity contribution in [1.82, 2.24) is 9.55 Å². The van der Waals surface area contributed by atoms with Gasteiger partial charge in [-0.15, -0.1) is 0 Å². The third-order valence-corrected chi connectivity index (χ3v) is 15.1. The molecule has 4 atom stereocenters. The Balaban J connectivity index is 2.15. The molecule has 25 heteroatoms. The van der Waals surface area contributed by atoms with Gasteiger partial charge in [-0.2, -0.15) is 23.6 Å². The smallest absolute Gasteiger partial charge is 0.382 e. The van der Waals surface area contributed by atoms with Crippen LogP contribution in [0.3, 0.4) is 0 Å². The first kappa shape index (κ1) is 43.2. The maximum atomic E-state index is 12.8. The minimum atomic E-state index is -5.66. The van der Waals surface area contributed by atoms with Crippen molar-refractivity contribution in [1.29, 1.82) is 0 Å². The first-order chi connectivity index (χ1) is 21.5. The van der Waals surface area contributed by atoms with Gasteiger partial charge in [0.2, 0.25) is 0 Å². The number of nitrogen functional groups attached to an aromatic ring is 1. The van der Waals surface area contributed by atoms with Crippen molar-refractivity contribution in [3.63, 3.8) is 0 Å². The summed E-state index contributed by atoms with van der Waals surface area (Å²) >= 11 is 0. The summed E-state index contributed by atoms with van der Waals surface area (Å²) in [5.74, 6) is 6.03. The van der Waals surface area contributed by atoms with E-state index in [0.717, 1.165) is 4.57 Å². The van der Waals surface area contributed by atoms with Crippen molar-refractivity contribution >= 4 is 72.8 Å². The standard InChI is InChI=1S/C22H39N4O14P3S4/c1-21(2,3)46-45-14-36-16-9-18(38-17(16)11-37-42(31,32)40-43(33,34)39-41(28,29)30)26-10-15(19(24)25-20(26)27)7-6-8-35-13-44-47-22(4,5)12-23/h10,16-18,31-32H,8-9,11-14,23H2,1-5H3,(H4-,24,25,27,28,29,30,33,34)/p+1/t16?,17-,18-/m1/s1. The maximum absolute atomic E-state index is 12.8. The Labute approximate surface area is 288 Å². The summed E-state index contributed by atoms with van der Waals surface area (Å²) in [5, 5.41) is 0. The van der Waals surface area contributed by atoms with Gasteiger partial charge in [-0.05, 0) is 18.2 Å². The average molecular weight is 806 g/mol. The predicted molar refractivity (Wildman–Crippen MR) is 183 cm³/mol. The van der Waals surface area contributed by atoms with Crippen LogP contribution in [0.15, 0.2) is 11.0 Å². The molecule has 1 fully saturated rings. The molecule has 2 unspecified atom stereocenters. The number of hydrogen-bond acceptors (Lipinski definition) is 18. The van der Waals surface area contributed by atoms with E-state index < -0.39 is 54.5 Å². The molecule has 0 aliphatic carbocycles. The fraction of sp³-hybridized carbons (Fsp3) is 0.727. The van der Waals surface area contributed by atoms with E-state index in [1.54, 1.807) is 21.6 Å². The Bertz CT molecular complexity index is 1400. The highest BCUT2D eigenvalue weighted by Crippen LogP contribution is 2.69. The van der Waals surface area contributed by atoms with E-state index in [4.69, 9.17) is 40.0 Å². The molecule has 1 aromatic rings. The number of hydrogen-bond donors (Lipinski definition) is 7. The minimum Gasteiger partial charge on any atom is -0.382 e. The summed E-state index contributed by atoms with van der Waals surface area (Å²) in [7, 11) is -10.4. The molecule has 0 bridgehead atoms. The Hall–Kier alpha value is 0.0500. The molecule has 9 N–H and O–H groups in total. The second-order valence-electron chi connectivity index (χ2n) is 11.1. The number of ether oxygens (including phenoxy) is 3. The molecule has 270 valence electrons. The summed E-state index contributed by atoms with van der Waals surface area (Å²) < 4.78 is 53.5. The number of phosphoric acid groups is 2. The summed E-state index contributed by atoms with van der Waals surface area (Å²) in [4.78, 5) is 63.6. The lowest BCUT2D eigenvalue weighted by Gasteiger charge is -2.20. The van der Waals surface area contributed by atoms with Gasteiger partial charge in [0.25, 0.3) is 0 Å². The van der Waals surface area contributed by atoms with Crippen molar-refractivity contribution in [2.45, 2.75) is 69.0 Å². The quantitative estimate of drug-likeness (QED) is 0.0369. The third-order valence-electron chi connectivity index (χ3n) is 5.24. The molecule has 47 heavy (non-hydrogen) atoms. The van der Waals surface area contributed by atoms with E-state index >= 15 is 0 Å². The van der Waals surface area contributed by atoms with Crippen molar-refractivity contribution in [3.05, 3.63) is 22.2 Å². The molecule has 1 aliphatic heterocycles. The van der Waals surface area contributed by atoms with Crippen molar-refractivity contribution in [2.75, 3.05) is 37.4 Å². The zero-order valence-corrected chi connectivity index (χ0v) is 31.9. The largest absolute Gasteiger partial charge is 0.580 e. The summed E-state index contributed by atoms with van der Waals surface area (Å²) in [6, 6.07) is 0. The highest BCUT2D eigenvalue weighted by Gasteiger charge is 2.53. The zero-order valence-electron chi connectivity index (χ0n) is 26.0. The van der Waals surface area contributed by atoms with Gasteiger partial charge in [0.05, 0.1) is 11.7 Å². The van der Waals surface area contributed by atoms with Gasteiger partial charge in [-0.25, -0.2) is 13.9 Å². The topological polar surface area (TPSA) is 278 Å². The second-order valence-corrected chi connectivity index (χ2v) is 21.6. The molecule has 0 radical (unpaired) electrons. The van der Waals surface area contributed by atoms with Crippen LogP contribution < -0.4 is 17.2 Å². The van der Waals surface area contributed by atoms with Crippen LogP contribution in [0.4, 0.5) is 5.82 Å². The van der Waals surface area contributed by atoms with Crippen LogP contribution in [0.1, 0.15) is 52.8 Å². The molecule has 0 saturated carbocycles. The van der Waals surface area contributed by atoms with E-state index in [2.05, 4.69) is 25.4 Å². The van der Waals surface area contributed by atoms with Crippen LogP contribution in [-0.2, 0) is 36.5 Å². The zero-order chi connectivity index (χ0) is 35.7. The van der Waals surface area contributed by atoms with Crippen LogP contribution >= 0.6 is 67.0 Å². The van der Waals surface area contributed by atoms with Crippen molar-refractivity contribution < 1.29 is 61.0 Å².